The van der Waals surface area contributed by atoms with Crippen molar-refractivity contribution in [1.82, 2.24) is 15.0 Å². The van der Waals surface area contributed by atoms with E-state index in [9.17, 15) is 18.0 Å². The van der Waals surface area contributed by atoms with Gasteiger partial charge in [0.05, 0.1) is 34.8 Å². The SMILES string of the molecule is COc1ccc(Nc2nccc(-c3ccc[nH]3)n2)cc1NC(=O)Nc1ccc(Cl)c(C(F)(F)F)c1. The number of H-pyrrole nitrogens is 1. The van der Waals surface area contributed by atoms with Crippen LogP contribution in [0.1, 0.15) is 5.56 Å². The molecule has 0 saturated heterocycles. The number of alkyl halides is 3. The Bertz CT molecular complexity index is 1350. The Morgan fingerprint density at radius 2 is 1.86 bits per heavy atom. The van der Waals surface area contributed by atoms with Gasteiger partial charge in [0, 0.05) is 23.8 Å². The molecule has 4 N–H and O–H groups in total. The van der Waals surface area contributed by atoms with Crippen molar-refractivity contribution in [3.63, 3.8) is 0 Å². The molecule has 2 amide bonds. The summed E-state index contributed by atoms with van der Waals surface area (Å²) < 4.78 is 44.6. The third kappa shape index (κ3) is 5.82. The van der Waals surface area contributed by atoms with Crippen molar-refractivity contribution in [2.75, 3.05) is 23.1 Å². The summed E-state index contributed by atoms with van der Waals surface area (Å²) >= 11 is 5.63. The Labute approximate surface area is 202 Å². The lowest BCUT2D eigenvalue weighted by atomic mass is 10.2. The van der Waals surface area contributed by atoms with Gasteiger partial charge in [0.25, 0.3) is 0 Å². The zero-order chi connectivity index (χ0) is 25.0. The molecule has 8 nitrogen and oxygen atoms in total. The molecule has 35 heavy (non-hydrogen) atoms. The maximum Gasteiger partial charge on any atom is 0.417 e. The number of carbonyl (C=O) groups excluding carboxylic acids is 1. The summed E-state index contributed by atoms with van der Waals surface area (Å²) in [6, 6.07) is 12.7. The van der Waals surface area contributed by atoms with E-state index in [1.807, 2.05) is 12.1 Å². The molecule has 180 valence electrons. The number of amides is 2. The number of aromatic amines is 1. The number of methoxy groups -OCH3 is 1. The number of nitrogens with zero attached hydrogens (tertiary/aromatic N) is 2. The number of nitrogens with one attached hydrogen (secondary N) is 4. The summed E-state index contributed by atoms with van der Waals surface area (Å²) in [6.45, 7) is 0. The van der Waals surface area contributed by atoms with E-state index in [1.54, 1.807) is 36.7 Å². The molecule has 0 spiro atoms. The van der Waals surface area contributed by atoms with Gasteiger partial charge in [0.1, 0.15) is 5.75 Å². The van der Waals surface area contributed by atoms with Gasteiger partial charge < -0.3 is 25.7 Å². The summed E-state index contributed by atoms with van der Waals surface area (Å²) in [4.78, 5) is 24.2. The molecule has 0 unspecified atom stereocenters. The number of rotatable bonds is 6. The predicted molar refractivity (Wildman–Crippen MR) is 127 cm³/mol. The first kappa shape index (κ1) is 23.9. The van der Waals surface area contributed by atoms with E-state index in [4.69, 9.17) is 16.3 Å². The van der Waals surface area contributed by atoms with Gasteiger partial charge in [-0.3, -0.25) is 0 Å². The van der Waals surface area contributed by atoms with Crippen molar-refractivity contribution < 1.29 is 22.7 Å². The third-order valence-corrected chi connectivity index (χ3v) is 5.09. The average molecular weight is 503 g/mol. The fourth-order valence-electron chi connectivity index (χ4n) is 3.18. The second-order valence-corrected chi connectivity index (χ2v) is 7.57. The van der Waals surface area contributed by atoms with Gasteiger partial charge in [-0.25, -0.2) is 14.8 Å². The Morgan fingerprint density at radius 1 is 1.06 bits per heavy atom. The minimum Gasteiger partial charge on any atom is -0.495 e. The van der Waals surface area contributed by atoms with Crippen LogP contribution in [0.3, 0.4) is 0 Å². The third-order valence-electron chi connectivity index (χ3n) is 4.76. The average Bonchev–Trinajstić information content (AvgIpc) is 3.35. The first-order valence-electron chi connectivity index (χ1n) is 10.1. The van der Waals surface area contributed by atoms with E-state index in [0.29, 0.717) is 23.1 Å². The van der Waals surface area contributed by atoms with E-state index in [0.717, 1.165) is 17.8 Å². The smallest absolute Gasteiger partial charge is 0.417 e. The molecular weight excluding hydrogens is 485 g/mol. The van der Waals surface area contributed by atoms with Gasteiger partial charge in [-0.15, -0.1) is 0 Å². The lowest BCUT2D eigenvalue weighted by Gasteiger charge is -2.15. The molecule has 0 atom stereocenters. The summed E-state index contributed by atoms with van der Waals surface area (Å²) in [7, 11) is 1.42. The summed E-state index contributed by atoms with van der Waals surface area (Å²) in [6.07, 6.45) is -1.28. The number of urea groups is 1. The molecule has 0 bridgehead atoms. The molecule has 0 saturated carbocycles. The molecule has 2 aromatic carbocycles. The highest BCUT2D eigenvalue weighted by molar-refractivity contribution is 6.31. The highest BCUT2D eigenvalue weighted by atomic mass is 35.5. The molecule has 4 aromatic rings. The highest BCUT2D eigenvalue weighted by Gasteiger charge is 2.33. The predicted octanol–water partition coefficient (Wildman–Crippen LogP) is 6.54. The van der Waals surface area contributed by atoms with Crippen molar-refractivity contribution in [2.24, 2.45) is 0 Å². The van der Waals surface area contributed by atoms with Crippen LogP contribution < -0.4 is 20.7 Å². The minimum absolute atomic E-state index is 0.0815. The van der Waals surface area contributed by atoms with Gasteiger partial charge in [-0.1, -0.05) is 11.6 Å². The van der Waals surface area contributed by atoms with Gasteiger partial charge in [-0.2, -0.15) is 13.2 Å². The van der Waals surface area contributed by atoms with Gasteiger partial charge in [-0.05, 0) is 54.6 Å². The number of ether oxygens (including phenoxy) is 1. The van der Waals surface area contributed by atoms with E-state index < -0.39 is 22.8 Å². The molecule has 0 aliphatic carbocycles. The molecule has 2 aromatic heterocycles. The molecule has 12 heteroatoms. The number of aromatic nitrogens is 3. The lowest BCUT2D eigenvalue weighted by Crippen LogP contribution is -2.20. The second kappa shape index (κ2) is 9.94. The maximum atomic E-state index is 13.1. The molecule has 4 rings (SSSR count). The minimum atomic E-state index is -4.66. The van der Waals surface area contributed by atoms with Crippen molar-refractivity contribution in [3.8, 4) is 17.1 Å². The first-order chi connectivity index (χ1) is 16.7. The van der Waals surface area contributed by atoms with Gasteiger partial charge in [0.15, 0.2) is 0 Å². The Morgan fingerprint density at radius 3 is 2.57 bits per heavy atom. The van der Waals surface area contributed by atoms with Crippen molar-refractivity contribution in [3.05, 3.63) is 77.6 Å². The maximum absolute atomic E-state index is 13.1. The van der Waals surface area contributed by atoms with Crippen LogP contribution in [0.5, 0.6) is 5.75 Å². The monoisotopic (exact) mass is 502 g/mol. The zero-order valence-corrected chi connectivity index (χ0v) is 18.8. The Balaban J connectivity index is 1.51. The molecule has 0 aliphatic heterocycles. The molecular formula is C23H18ClF3N6O2. The first-order valence-corrected chi connectivity index (χ1v) is 10.5. The van der Waals surface area contributed by atoms with Crippen LogP contribution in [0.15, 0.2) is 67.0 Å². The second-order valence-electron chi connectivity index (χ2n) is 7.16. The van der Waals surface area contributed by atoms with Crippen LogP contribution in [0.25, 0.3) is 11.4 Å². The van der Waals surface area contributed by atoms with Crippen molar-refractivity contribution >= 4 is 40.6 Å². The van der Waals surface area contributed by atoms with E-state index in [-0.39, 0.29) is 11.4 Å². The van der Waals surface area contributed by atoms with Gasteiger partial charge >= 0.3 is 12.2 Å². The molecule has 0 fully saturated rings. The summed E-state index contributed by atoms with van der Waals surface area (Å²) in [5, 5.41) is 7.51. The highest BCUT2D eigenvalue weighted by Crippen LogP contribution is 2.36. The summed E-state index contributed by atoms with van der Waals surface area (Å²) in [5.41, 5.74) is 1.17. The number of anilines is 4. The van der Waals surface area contributed by atoms with Crippen LogP contribution in [-0.4, -0.2) is 28.1 Å². The quantitative estimate of drug-likeness (QED) is 0.240. The van der Waals surface area contributed by atoms with E-state index >= 15 is 0 Å². The normalized spacial score (nSPS) is 11.1. The topological polar surface area (TPSA) is 104 Å². The zero-order valence-electron chi connectivity index (χ0n) is 18.1. The number of halogens is 4. The molecule has 0 aliphatic rings. The number of hydrogen-bond donors (Lipinski definition) is 4. The van der Waals surface area contributed by atoms with E-state index in [1.165, 1.54) is 13.2 Å². The van der Waals surface area contributed by atoms with Gasteiger partial charge in [0.2, 0.25) is 5.95 Å². The standard InChI is InChI=1S/C23H18ClF3N6O2/c1-35-20-7-5-14(30-21-29-10-8-18(32-21)17-3-2-9-28-17)12-19(20)33-22(34)31-13-4-6-16(24)15(11-13)23(25,26)27/h2-12,28H,1H3,(H,29,30,32)(H2,31,33,34). The Hall–Kier alpha value is -4.25. The Kier molecular flexibility index (Phi) is 6.78. The van der Waals surface area contributed by atoms with Crippen LogP contribution in [0.2, 0.25) is 5.02 Å². The fourth-order valence-corrected chi connectivity index (χ4v) is 3.40. The molecule has 0 radical (unpaired) electrons. The summed E-state index contributed by atoms with van der Waals surface area (Å²) in [5.74, 6) is 0.650. The van der Waals surface area contributed by atoms with Crippen LogP contribution in [-0.2, 0) is 6.18 Å². The van der Waals surface area contributed by atoms with Crippen molar-refractivity contribution in [1.29, 1.82) is 0 Å². The largest absolute Gasteiger partial charge is 0.495 e. The van der Waals surface area contributed by atoms with Crippen LogP contribution >= 0.6 is 11.6 Å². The van der Waals surface area contributed by atoms with Crippen LogP contribution in [0, 0.1) is 0 Å². The van der Waals surface area contributed by atoms with Crippen molar-refractivity contribution in [2.45, 2.75) is 6.18 Å². The fraction of sp³-hybridized carbons (Fsp3) is 0.0870. The number of carbonyl (C=O) groups is 1. The number of hydrogen-bond acceptors (Lipinski definition) is 5. The number of benzene rings is 2. The van der Waals surface area contributed by atoms with Crippen LogP contribution in [0.4, 0.5) is 41.0 Å². The lowest BCUT2D eigenvalue weighted by molar-refractivity contribution is -0.137. The molecule has 2 heterocycles. The van der Waals surface area contributed by atoms with E-state index in [2.05, 4.69) is 30.9 Å².